The highest BCUT2D eigenvalue weighted by Crippen LogP contribution is 2.27. The molecule has 7 heteroatoms. The minimum absolute atomic E-state index is 0.0595. The minimum atomic E-state index is -0.483. The predicted octanol–water partition coefficient (Wildman–Crippen LogP) is 3.83. The van der Waals surface area contributed by atoms with E-state index in [2.05, 4.69) is 4.98 Å². The summed E-state index contributed by atoms with van der Waals surface area (Å²) in [6.07, 6.45) is 0.161. The maximum absolute atomic E-state index is 12.5. The average Bonchev–Trinajstić information content (AvgIpc) is 2.99. The SMILES string of the molecule is COCCCN(C(=O)OCc1ccccc1)c1nc(C)c(C(C)=O)s1. The zero-order chi connectivity index (χ0) is 18.2. The standard InChI is InChI=1S/C18H22N2O4S/c1-13-16(14(2)21)25-17(19-13)20(10-7-11-23-3)18(22)24-12-15-8-5-4-6-9-15/h4-6,8-9H,7,10-12H2,1-3H3. The van der Waals surface area contributed by atoms with E-state index in [0.29, 0.717) is 35.3 Å². The maximum atomic E-state index is 12.5. The normalized spacial score (nSPS) is 10.5. The molecule has 0 saturated heterocycles. The van der Waals surface area contributed by atoms with Crippen LogP contribution in [0.4, 0.5) is 9.93 Å². The Hall–Kier alpha value is -2.25. The number of ketones is 1. The number of carbonyl (C=O) groups excluding carboxylic acids is 2. The van der Waals surface area contributed by atoms with Crippen LogP contribution in [0.1, 0.15) is 34.3 Å². The highest BCUT2D eigenvalue weighted by molar-refractivity contribution is 7.17. The van der Waals surface area contributed by atoms with Gasteiger partial charge in [0.25, 0.3) is 0 Å². The molecule has 0 atom stereocenters. The van der Waals surface area contributed by atoms with E-state index in [4.69, 9.17) is 9.47 Å². The third-order valence-electron chi connectivity index (χ3n) is 3.49. The van der Waals surface area contributed by atoms with E-state index in [-0.39, 0.29) is 12.4 Å². The zero-order valence-corrected chi connectivity index (χ0v) is 15.5. The van der Waals surface area contributed by atoms with E-state index >= 15 is 0 Å². The molecule has 0 aliphatic heterocycles. The van der Waals surface area contributed by atoms with Gasteiger partial charge in [0.05, 0.1) is 10.6 Å². The van der Waals surface area contributed by atoms with Crippen molar-refractivity contribution in [3.8, 4) is 0 Å². The number of anilines is 1. The van der Waals surface area contributed by atoms with Crippen molar-refractivity contribution in [2.24, 2.45) is 0 Å². The van der Waals surface area contributed by atoms with E-state index in [1.54, 1.807) is 14.0 Å². The molecule has 25 heavy (non-hydrogen) atoms. The molecule has 1 amide bonds. The Morgan fingerprint density at radius 1 is 1.24 bits per heavy atom. The molecule has 0 N–H and O–H groups in total. The molecule has 0 aliphatic carbocycles. The topological polar surface area (TPSA) is 68.7 Å². The van der Waals surface area contributed by atoms with Crippen molar-refractivity contribution >= 4 is 28.3 Å². The van der Waals surface area contributed by atoms with Gasteiger partial charge in [-0.15, -0.1) is 0 Å². The number of ether oxygens (including phenoxy) is 2. The van der Waals surface area contributed by atoms with Crippen LogP contribution in [0.15, 0.2) is 30.3 Å². The van der Waals surface area contributed by atoms with Gasteiger partial charge in [-0.1, -0.05) is 41.7 Å². The van der Waals surface area contributed by atoms with Crippen molar-refractivity contribution in [3.63, 3.8) is 0 Å². The summed E-state index contributed by atoms with van der Waals surface area (Å²) in [4.78, 5) is 30.6. The second-order valence-corrected chi connectivity index (χ2v) is 6.48. The van der Waals surface area contributed by atoms with Crippen LogP contribution in [-0.2, 0) is 16.1 Å². The Kier molecular flexibility index (Phi) is 7.09. The number of rotatable bonds is 8. The Balaban J connectivity index is 2.12. The lowest BCUT2D eigenvalue weighted by Crippen LogP contribution is -2.33. The lowest BCUT2D eigenvalue weighted by atomic mass is 10.2. The van der Waals surface area contributed by atoms with Crippen LogP contribution < -0.4 is 4.90 Å². The van der Waals surface area contributed by atoms with Crippen LogP contribution >= 0.6 is 11.3 Å². The van der Waals surface area contributed by atoms with Gasteiger partial charge in [-0.05, 0) is 18.9 Å². The summed E-state index contributed by atoms with van der Waals surface area (Å²) in [7, 11) is 1.61. The number of carbonyl (C=O) groups is 2. The van der Waals surface area contributed by atoms with Gasteiger partial charge >= 0.3 is 6.09 Å². The average molecular weight is 362 g/mol. The zero-order valence-electron chi connectivity index (χ0n) is 14.7. The van der Waals surface area contributed by atoms with Gasteiger partial charge in [0.15, 0.2) is 10.9 Å². The number of Topliss-reactive ketones (excluding diaryl/α,β-unsaturated/α-hetero) is 1. The van der Waals surface area contributed by atoms with Crippen LogP contribution in [0.25, 0.3) is 0 Å². The van der Waals surface area contributed by atoms with Crippen LogP contribution in [0.5, 0.6) is 0 Å². The second-order valence-electron chi connectivity index (χ2n) is 5.51. The third kappa shape index (κ3) is 5.37. The van der Waals surface area contributed by atoms with Crippen LogP contribution in [0, 0.1) is 6.92 Å². The smallest absolute Gasteiger partial charge is 0.416 e. The third-order valence-corrected chi connectivity index (χ3v) is 4.77. The lowest BCUT2D eigenvalue weighted by Gasteiger charge is -2.19. The molecule has 0 spiro atoms. The van der Waals surface area contributed by atoms with E-state index in [0.717, 1.165) is 5.56 Å². The Bertz CT molecular complexity index is 715. The van der Waals surface area contributed by atoms with Crippen molar-refractivity contribution in [2.45, 2.75) is 26.9 Å². The molecule has 1 aromatic carbocycles. The van der Waals surface area contributed by atoms with Gasteiger partial charge in [-0.2, -0.15) is 0 Å². The van der Waals surface area contributed by atoms with Crippen molar-refractivity contribution in [2.75, 3.05) is 25.2 Å². The number of thiazole rings is 1. The molecule has 0 bridgehead atoms. The molecule has 6 nitrogen and oxygen atoms in total. The van der Waals surface area contributed by atoms with Crippen LogP contribution in [0.2, 0.25) is 0 Å². The van der Waals surface area contributed by atoms with E-state index < -0.39 is 6.09 Å². The van der Waals surface area contributed by atoms with Gasteiger partial charge in [0.1, 0.15) is 6.61 Å². The first kappa shape index (κ1) is 19.1. The Morgan fingerprint density at radius 2 is 1.96 bits per heavy atom. The minimum Gasteiger partial charge on any atom is -0.444 e. The summed E-state index contributed by atoms with van der Waals surface area (Å²) in [6, 6.07) is 9.48. The Morgan fingerprint density at radius 3 is 2.56 bits per heavy atom. The molecule has 0 saturated carbocycles. The molecule has 134 valence electrons. The maximum Gasteiger partial charge on any atom is 0.416 e. The fraction of sp³-hybridized carbons (Fsp3) is 0.389. The first-order valence-corrected chi connectivity index (χ1v) is 8.80. The van der Waals surface area contributed by atoms with E-state index in [9.17, 15) is 9.59 Å². The fourth-order valence-electron chi connectivity index (χ4n) is 2.25. The van der Waals surface area contributed by atoms with Crippen LogP contribution in [-0.4, -0.2) is 37.1 Å². The number of amides is 1. The summed E-state index contributed by atoms with van der Waals surface area (Å²) < 4.78 is 10.5. The number of hydrogen-bond acceptors (Lipinski definition) is 6. The molecule has 0 aliphatic rings. The summed E-state index contributed by atoms with van der Waals surface area (Å²) >= 11 is 1.21. The van der Waals surface area contributed by atoms with Gasteiger partial charge in [-0.25, -0.2) is 9.78 Å². The van der Waals surface area contributed by atoms with E-state index in [1.807, 2.05) is 30.3 Å². The molecule has 0 radical (unpaired) electrons. The molecular weight excluding hydrogens is 340 g/mol. The summed E-state index contributed by atoms with van der Waals surface area (Å²) in [5, 5.41) is 0.469. The van der Waals surface area contributed by atoms with Gasteiger partial charge < -0.3 is 9.47 Å². The van der Waals surface area contributed by atoms with E-state index in [1.165, 1.54) is 23.2 Å². The number of aryl methyl sites for hydroxylation is 1. The highest BCUT2D eigenvalue weighted by atomic mass is 32.1. The molecule has 0 fully saturated rings. The molecule has 0 unspecified atom stereocenters. The van der Waals surface area contributed by atoms with Gasteiger partial charge in [-0.3, -0.25) is 9.69 Å². The number of hydrogen-bond donors (Lipinski definition) is 0. The van der Waals surface area contributed by atoms with Crippen molar-refractivity contribution < 1.29 is 19.1 Å². The Labute approximate surface area is 151 Å². The highest BCUT2D eigenvalue weighted by Gasteiger charge is 2.23. The lowest BCUT2D eigenvalue weighted by molar-refractivity contribution is 0.102. The quantitative estimate of drug-likeness (QED) is 0.527. The van der Waals surface area contributed by atoms with Gasteiger partial charge in [0, 0.05) is 27.2 Å². The molecule has 2 aromatic rings. The number of nitrogens with zero attached hydrogens (tertiary/aromatic N) is 2. The second kappa shape index (κ2) is 9.29. The monoisotopic (exact) mass is 362 g/mol. The molecule has 1 heterocycles. The molecular formula is C18H22N2O4S. The van der Waals surface area contributed by atoms with Crippen molar-refractivity contribution in [1.82, 2.24) is 4.98 Å². The van der Waals surface area contributed by atoms with Crippen LogP contribution in [0.3, 0.4) is 0 Å². The number of methoxy groups -OCH3 is 1. The summed E-state index contributed by atoms with van der Waals surface area (Å²) in [5.74, 6) is -0.0595. The number of aromatic nitrogens is 1. The first-order chi connectivity index (χ1) is 12.0. The first-order valence-electron chi connectivity index (χ1n) is 7.98. The van der Waals surface area contributed by atoms with Gasteiger partial charge in [0.2, 0.25) is 0 Å². The van der Waals surface area contributed by atoms with Crippen molar-refractivity contribution in [3.05, 3.63) is 46.5 Å². The largest absolute Gasteiger partial charge is 0.444 e. The summed E-state index contributed by atoms with van der Waals surface area (Å²) in [5.41, 5.74) is 1.53. The fourth-order valence-corrected chi connectivity index (χ4v) is 3.23. The molecule has 1 aromatic heterocycles. The van der Waals surface area contributed by atoms with Crippen molar-refractivity contribution in [1.29, 1.82) is 0 Å². The number of benzene rings is 1. The predicted molar refractivity (Wildman–Crippen MR) is 97.3 cm³/mol. The summed E-state index contributed by atoms with van der Waals surface area (Å²) in [6.45, 7) is 4.37. The molecule has 2 rings (SSSR count).